The topological polar surface area (TPSA) is 87.3 Å². The standard InChI is InChI=1S/C27H29N5OS/c1-3-5-17-6-8-18(9-7-17)19-10-12-20(13-11-19)23-16-22(24-15-14-21(4-2)34-24)25(27(33)28-23)26-29-31-32-30-26/h8,10-17H,3-7,9H2,1-2H3,(H,28,33)(H,29,30,31,32). The summed E-state index contributed by atoms with van der Waals surface area (Å²) < 4.78 is 0. The smallest absolute Gasteiger partial charge is 0.260 e. The van der Waals surface area contributed by atoms with Crippen LogP contribution in [0.2, 0.25) is 0 Å². The van der Waals surface area contributed by atoms with Crippen molar-refractivity contribution in [2.24, 2.45) is 5.92 Å². The van der Waals surface area contributed by atoms with Crippen LogP contribution in [0.3, 0.4) is 0 Å². The maximum atomic E-state index is 13.2. The van der Waals surface area contributed by atoms with Crippen molar-refractivity contribution in [2.45, 2.75) is 52.4 Å². The van der Waals surface area contributed by atoms with Crippen LogP contribution in [-0.4, -0.2) is 25.6 Å². The van der Waals surface area contributed by atoms with Gasteiger partial charge in [-0.15, -0.1) is 21.5 Å². The fraction of sp³-hybridized carbons (Fsp3) is 0.333. The number of H-pyrrole nitrogens is 2. The summed E-state index contributed by atoms with van der Waals surface area (Å²) in [4.78, 5) is 18.5. The summed E-state index contributed by atoms with van der Waals surface area (Å²) >= 11 is 1.69. The number of nitrogens with one attached hydrogen (secondary N) is 2. The SMILES string of the molecule is CCCC1CC=C(c2ccc(-c3cc(-c4ccc(CC)s4)c(-c4nn[nH]n4)c(=O)[nH]3)cc2)CC1. The minimum atomic E-state index is -0.221. The molecule has 0 saturated carbocycles. The van der Waals surface area contributed by atoms with Crippen LogP contribution in [0.1, 0.15) is 56.4 Å². The van der Waals surface area contributed by atoms with Crippen LogP contribution in [-0.2, 0) is 6.42 Å². The van der Waals surface area contributed by atoms with E-state index in [-0.39, 0.29) is 5.56 Å². The Balaban J connectivity index is 1.50. The van der Waals surface area contributed by atoms with Gasteiger partial charge in [0.1, 0.15) is 0 Å². The fourth-order valence-corrected chi connectivity index (χ4v) is 5.77. The fourth-order valence-electron chi connectivity index (χ4n) is 4.80. The lowest BCUT2D eigenvalue weighted by Gasteiger charge is -2.21. The van der Waals surface area contributed by atoms with E-state index in [2.05, 4.69) is 81.9 Å². The summed E-state index contributed by atoms with van der Waals surface area (Å²) in [5.74, 6) is 1.13. The molecule has 3 heterocycles. The summed E-state index contributed by atoms with van der Waals surface area (Å²) in [6.45, 7) is 4.40. The van der Waals surface area contributed by atoms with Crippen LogP contribution in [0.15, 0.2) is 53.3 Å². The summed E-state index contributed by atoms with van der Waals surface area (Å²) in [5.41, 5.74) is 5.52. The van der Waals surface area contributed by atoms with Gasteiger partial charge in [0.2, 0.25) is 5.82 Å². The average Bonchev–Trinajstić information content (AvgIpc) is 3.57. The summed E-state index contributed by atoms with van der Waals surface area (Å²) in [5, 5.41) is 14.3. The molecule has 1 atom stereocenters. The number of benzene rings is 1. The van der Waals surface area contributed by atoms with Gasteiger partial charge < -0.3 is 4.98 Å². The highest BCUT2D eigenvalue weighted by Crippen LogP contribution is 2.36. The zero-order valence-electron chi connectivity index (χ0n) is 19.6. The number of nitrogens with zero attached hydrogens (tertiary/aromatic N) is 3. The zero-order valence-corrected chi connectivity index (χ0v) is 20.4. The van der Waals surface area contributed by atoms with Crippen LogP contribution in [0.5, 0.6) is 0 Å². The van der Waals surface area contributed by atoms with Gasteiger partial charge in [-0.3, -0.25) is 4.79 Å². The summed E-state index contributed by atoms with van der Waals surface area (Å²) in [6, 6.07) is 14.8. The molecular formula is C27H29N5OS. The number of aryl methyl sites for hydroxylation is 1. The number of pyridine rings is 1. The lowest BCUT2D eigenvalue weighted by Crippen LogP contribution is -2.12. The molecule has 1 aliphatic carbocycles. The Morgan fingerprint density at radius 2 is 1.91 bits per heavy atom. The van der Waals surface area contributed by atoms with Crippen molar-refractivity contribution in [2.75, 3.05) is 0 Å². The van der Waals surface area contributed by atoms with Crippen LogP contribution in [0.4, 0.5) is 0 Å². The Morgan fingerprint density at radius 1 is 1.09 bits per heavy atom. The molecular weight excluding hydrogens is 442 g/mol. The first-order valence-electron chi connectivity index (χ1n) is 12.1. The molecule has 5 rings (SSSR count). The maximum absolute atomic E-state index is 13.2. The van der Waals surface area contributed by atoms with E-state index < -0.39 is 0 Å². The number of aromatic nitrogens is 5. The van der Waals surface area contributed by atoms with Crippen LogP contribution in [0, 0.1) is 5.92 Å². The number of thiophene rings is 1. The molecule has 0 amide bonds. The van der Waals surface area contributed by atoms with E-state index in [4.69, 9.17) is 0 Å². The molecule has 0 spiro atoms. The predicted molar refractivity (Wildman–Crippen MR) is 139 cm³/mol. The van der Waals surface area contributed by atoms with Gasteiger partial charge in [-0.2, -0.15) is 5.21 Å². The molecule has 34 heavy (non-hydrogen) atoms. The van der Waals surface area contributed by atoms with E-state index in [9.17, 15) is 4.79 Å². The molecule has 0 radical (unpaired) electrons. The van der Waals surface area contributed by atoms with Crippen LogP contribution >= 0.6 is 11.3 Å². The first kappa shape index (κ1) is 22.5. The molecule has 1 aromatic carbocycles. The lowest BCUT2D eigenvalue weighted by molar-refractivity contribution is 0.445. The number of rotatable bonds is 7. The zero-order chi connectivity index (χ0) is 23.5. The van der Waals surface area contributed by atoms with E-state index >= 15 is 0 Å². The van der Waals surface area contributed by atoms with Crippen molar-refractivity contribution in [1.29, 1.82) is 0 Å². The van der Waals surface area contributed by atoms with Crippen molar-refractivity contribution in [3.8, 4) is 33.1 Å². The van der Waals surface area contributed by atoms with Gasteiger partial charge in [-0.05, 0) is 71.7 Å². The van der Waals surface area contributed by atoms with Crippen molar-refractivity contribution in [3.05, 3.63) is 69.3 Å². The molecule has 0 aliphatic heterocycles. The van der Waals surface area contributed by atoms with Gasteiger partial charge in [0.15, 0.2) is 0 Å². The number of hydrogen-bond acceptors (Lipinski definition) is 5. The molecule has 3 aromatic heterocycles. The van der Waals surface area contributed by atoms with E-state index in [1.165, 1.54) is 41.7 Å². The normalized spacial score (nSPS) is 15.9. The molecule has 0 fully saturated rings. The van der Waals surface area contributed by atoms with E-state index in [1.807, 2.05) is 6.07 Å². The third kappa shape index (κ3) is 4.53. The Kier molecular flexibility index (Phi) is 6.54. The third-order valence-corrected chi connectivity index (χ3v) is 7.92. The Hall–Kier alpha value is -3.32. The van der Waals surface area contributed by atoms with E-state index in [0.717, 1.165) is 40.5 Å². The van der Waals surface area contributed by atoms with Gasteiger partial charge in [0.05, 0.1) is 5.56 Å². The number of allylic oxidation sites excluding steroid dienone is 2. The molecule has 1 aliphatic rings. The van der Waals surface area contributed by atoms with Crippen molar-refractivity contribution >= 4 is 16.9 Å². The van der Waals surface area contributed by atoms with Gasteiger partial charge in [-0.25, -0.2) is 0 Å². The molecule has 0 saturated heterocycles. The van der Waals surface area contributed by atoms with E-state index in [0.29, 0.717) is 11.4 Å². The lowest BCUT2D eigenvalue weighted by atomic mass is 9.84. The van der Waals surface area contributed by atoms with Gasteiger partial charge >= 0.3 is 0 Å². The minimum absolute atomic E-state index is 0.221. The number of aromatic amines is 2. The van der Waals surface area contributed by atoms with Crippen molar-refractivity contribution in [1.82, 2.24) is 25.6 Å². The second-order valence-electron chi connectivity index (χ2n) is 8.89. The second-order valence-corrected chi connectivity index (χ2v) is 10.1. The van der Waals surface area contributed by atoms with E-state index in [1.54, 1.807) is 11.3 Å². The number of tetrazole rings is 1. The largest absolute Gasteiger partial charge is 0.321 e. The first-order valence-corrected chi connectivity index (χ1v) is 12.9. The second kappa shape index (κ2) is 9.89. The molecule has 4 aromatic rings. The molecule has 7 heteroatoms. The predicted octanol–water partition coefficient (Wildman–Crippen LogP) is 6.50. The van der Waals surface area contributed by atoms with Crippen molar-refractivity contribution in [3.63, 3.8) is 0 Å². The quantitative estimate of drug-likeness (QED) is 0.322. The maximum Gasteiger partial charge on any atom is 0.260 e. The highest BCUT2D eigenvalue weighted by atomic mass is 32.1. The van der Waals surface area contributed by atoms with Gasteiger partial charge in [-0.1, -0.05) is 57.0 Å². The van der Waals surface area contributed by atoms with Crippen LogP contribution in [0.25, 0.3) is 38.7 Å². The third-order valence-electron chi connectivity index (χ3n) is 6.66. The summed E-state index contributed by atoms with van der Waals surface area (Å²) in [7, 11) is 0. The highest BCUT2D eigenvalue weighted by molar-refractivity contribution is 7.15. The van der Waals surface area contributed by atoms with Gasteiger partial charge in [0.25, 0.3) is 5.56 Å². The Labute approximate surface area is 203 Å². The molecule has 0 bridgehead atoms. The van der Waals surface area contributed by atoms with Crippen LogP contribution < -0.4 is 5.56 Å². The highest BCUT2D eigenvalue weighted by Gasteiger charge is 2.19. The van der Waals surface area contributed by atoms with Crippen molar-refractivity contribution < 1.29 is 0 Å². The number of hydrogen-bond donors (Lipinski definition) is 2. The molecule has 1 unspecified atom stereocenters. The van der Waals surface area contributed by atoms with Gasteiger partial charge in [0, 0.05) is 21.0 Å². The minimum Gasteiger partial charge on any atom is -0.321 e. The Morgan fingerprint density at radius 3 is 2.56 bits per heavy atom. The monoisotopic (exact) mass is 471 g/mol. The molecule has 6 nitrogen and oxygen atoms in total. The molecule has 2 N–H and O–H groups in total. The Bertz CT molecular complexity index is 1350. The average molecular weight is 472 g/mol. The first-order chi connectivity index (χ1) is 16.7. The molecule has 174 valence electrons. The summed E-state index contributed by atoms with van der Waals surface area (Å²) in [6.07, 6.45) is 9.55.